The first-order valence-electron chi connectivity index (χ1n) is 16.9. The van der Waals surface area contributed by atoms with Crippen LogP contribution in [0.1, 0.15) is 80.4 Å². The first-order chi connectivity index (χ1) is 23.0. The molecule has 0 atom stereocenters. The monoisotopic (exact) mass is 996 g/mol. The maximum Gasteiger partial charge on any atom is 0 e. The quantitative estimate of drug-likeness (QED) is 0.133. The van der Waals surface area contributed by atoms with E-state index in [1.165, 1.54) is 44.5 Å². The van der Waals surface area contributed by atoms with Crippen LogP contribution in [-0.2, 0) is 131 Å². The van der Waals surface area contributed by atoms with Gasteiger partial charge in [0.1, 0.15) is 0 Å². The van der Waals surface area contributed by atoms with Gasteiger partial charge in [-0.15, -0.1) is 0 Å². The number of benzene rings is 6. The summed E-state index contributed by atoms with van der Waals surface area (Å²) in [7, 11) is 0. The fourth-order valence-electron chi connectivity index (χ4n) is 3.33. The molecule has 4 radical (unpaired) electrons. The molecule has 0 fully saturated rings. The van der Waals surface area contributed by atoms with Gasteiger partial charge in [0, 0.05) is 131 Å². The van der Waals surface area contributed by atoms with E-state index in [0.29, 0.717) is 0 Å². The van der Waals surface area contributed by atoms with E-state index < -0.39 is 0 Å². The Kier molecular flexibility index (Phi) is 58.5. The number of aryl methyl sites for hydroxylation is 2. The first kappa shape index (κ1) is 64.2. The van der Waals surface area contributed by atoms with Crippen LogP contribution in [0, 0.1) is 38.5 Å². The third-order valence-corrected chi connectivity index (χ3v) is 5.20. The zero-order valence-corrected chi connectivity index (χ0v) is 45.8. The van der Waals surface area contributed by atoms with Crippen molar-refractivity contribution in [3.05, 3.63) is 194 Å². The van der Waals surface area contributed by atoms with Crippen LogP contribution >= 0.6 is 0 Å². The summed E-state index contributed by atoms with van der Waals surface area (Å²) in [5.41, 5.74) is 2.64. The summed E-state index contributed by atoms with van der Waals surface area (Å²) in [4.78, 5) is 0. The van der Waals surface area contributed by atoms with Crippen molar-refractivity contribution in [2.24, 2.45) is 0 Å². The molecule has 52 heavy (non-hydrogen) atoms. The van der Waals surface area contributed by atoms with Gasteiger partial charge in [0.25, 0.3) is 0 Å². The second-order valence-electron chi connectivity index (χ2n) is 12.2. The zero-order chi connectivity index (χ0) is 36.4. The van der Waals surface area contributed by atoms with Crippen LogP contribution < -0.4 is 0 Å². The molecule has 0 N–H and O–H groups in total. The molecule has 0 nitrogen and oxygen atoms in total. The van der Waals surface area contributed by atoms with Crippen LogP contribution in [0.25, 0.3) is 21.5 Å². The van der Waals surface area contributed by atoms with Crippen LogP contribution in [0.4, 0.5) is 0 Å². The van der Waals surface area contributed by atoms with Crippen molar-refractivity contribution in [1.82, 2.24) is 0 Å². The maximum atomic E-state index is 2.12. The predicted molar refractivity (Wildman–Crippen MR) is 222 cm³/mol. The minimum atomic E-state index is 0. The number of hydrogen-bond donors (Lipinski definition) is 0. The Labute approximate surface area is 422 Å². The van der Waals surface area contributed by atoms with Crippen molar-refractivity contribution in [3.63, 3.8) is 0 Å². The van der Waals surface area contributed by atoms with Crippen LogP contribution in [-0.4, -0.2) is 0 Å². The Balaban J connectivity index is -0.000000120. The molecule has 0 bridgehead atoms. The normalized spacial score (nSPS) is 8.27. The third-order valence-electron chi connectivity index (χ3n) is 5.20. The van der Waals surface area contributed by atoms with Crippen molar-refractivity contribution < 1.29 is 131 Å². The smallest absolute Gasteiger partial charge is 0 e. The molecule has 0 amide bonds. The molecular formula is C48H64Y4-4. The molecule has 0 aliphatic rings. The van der Waals surface area contributed by atoms with Gasteiger partial charge in [-0.2, -0.15) is 69.2 Å². The summed E-state index contributed by atoms with van der Waals surface area (Å²) in [5, 5.41) is 5.24. The number of fused-ring (bicyclic) bond motifs is 2. The van der Waals surface area contributed by atoms with Crippen LogP contribution in [0.5, 0.6) is 0 Å². The van der Waals surface area contributed by atoms with Crippen LogP contribution in [0.15, 0.2) is 158 Å². The standard InChI is InChI=1S/2C10H8.2C7H8.2C4H9.2C3H7.4Y/c2*1-2-6-10-8-4-3-7-9(10)5-1;2*1-7-5-3-2-4-6-7;2*1-4(2)3;2*1-3-2;;;;/h2*1-8H;2*2-6H,1H3;2*1-3H3;2*3H,1-2H3;;;;/q;;;;4*-1;;;;. The van der Waals surface area contributed by atoms with Gasteiger partial charge in [-0.1, -0.05) is 169 Å². The summed E-state index contributed by atoms with van der Waals surface area (Å²) < 4.78 is 0. The summed E-state index contributed by atoms with van der Waals surface area (Å²) in [6.45, 7) is 24.7. The fraction of sp³-hybridized carbons (Fsp3) is 0.250. The molecule has 0 spiro atoms. The summed E-state index contributed by atoms with van der Waals surface area (Å²) >= 11 is 0. The van der Waals surface area contributed by atoms with Gasteiger partial charge < -0.3 is 24.7 Å². The summed E-state index contributed by atoms with van der Waals surface area (Å²) in [5.74, 6) is 2.83. The van der Waals surface area contributed by atoms with Gasteiger partial charge in [0.2, 0.25) is 0 Å². The van der Waals surface area contributed by atoms with Crippen molar-refractivity contribution in [2.45, 2.75) is 83.1 Å². The van der Waals surface area contributed by atoms with Gasteiger partial charge in [0.15, 0.2) is 0 Å². The van der Waals surface area contributed by atoms with E-state index >= 15 is 0 Å². The van der Waals surface area contributed by atoms with Crippen molar-refractivity contribution in [3.8, 4) is 0 Å². The maximum absolute atomic E-state index is 2.12. The van der Waals surface area contributed by atoms with E-state index in [4.69, 9.17) is 0 Å². The van der Waals surface area contributed by atoms with Crippen molar-refractivity contribution in [2.75, 3.05) is 0 Å². The fourth-order valence-corrected chi connectivity index (χ4v) is 3.33. The SMILES string of the molecule is C[C-](C)C.C[C-](C)C.C[CH-]C.C[CH-]C.Cc1ccccc1.Cc1ccccc1.[Y].[Y].[Y].[Y].c1ccc2ccccc2c1.c1ccc2ccccc2c1. The Morgan fingerprint density at radius 3 is 0.500 bits per heavy atom. The molecule has 0 saturated heterocycles. The summed E-state index contributed by atoms with van der Waals surface area (Å²) in [6, 6.07) is 53.9. The van der Waals surface area contributed by atoms with E-state index in [1.807, 2.05) is 76.9 Å². The minimum absolute atomic E-state index is 0. The number of rotatable bonds is 0. The van der Waals surface area contributed by atoms with E-state index in [9.17, 15) is 0 Å². The van der Waals surface area contributed by atoms with E-state index in [-0.39, 0.29) is 131 Å². The first-order valence-corrected chi connectivity index (χ1v) is 16.9. The molecule has 6 aromatic rings. The summed E-state index contributed by atoms with van der Waals surface area (Å²) in [6.07, 6.45) is 4.00. The van der Waals surface area contributed by atoms with Gasteiger partial charge >= 0.3 is 0 Å². The predicted octanol–water partition coefficient (Wildman–Crippen LogP) is 15.4. The molecule has 6 rings (SSSR count). The molecule has 0 unspecified atom stereocenters. The van der Waals surface area contributed by atoms with Gasteiger partial charge in [-0.05, 0) is 35.4 Å². The third kappa shape index (κ3) is 44.7. The largest absolute Gasteiger partial charge is 0.335 e. The van der Waals surface area contributed by atoms with E-state index in [2.05, 4.69) is 177 Å². The molecule has 0 saturated carbocycles. The average Bonchev–Trinajstić information content (AvgIpc) is 3.07. The van der Waals surface area contributed by atoms with Gasteiger partial charge in [-0.3, -0.25) is 0 Å². The average molecular weight is 997 g/mol. The molecule has 0 aliphatic heterocycles. The van der Waals surface area contributed by atoms with Gasteiger partial charge in [-0.25, -0.2) is 0 Å². The van der Waals surface area contributed by atoms with Crippen LogP contribution in [0.3, 0.4) is 0 Å². The van der Waals surface area contributed by atoms with E-state index in [1.54, 1.807) is 0 Å². The molecule has 0 aromatic heterocycles. The second kappa shape index (κ2) is 47.4. The zero-order valence-electron chi connectivity index (χ0n) is 34.5. The molecule has 4 heteroatoms. The molecule has 6 aromatic carbocycles. The molecule has 0 heterocycles. The van der Waals surface area contributed by atoms with Crippen molar-refractivity contribution in [1.29, 1.82) is 0 Å². The Morgan fingerprint density at radius 2 is 0.404 bits per heavy atom. The second-order valence-corrected chi connectivity index (χ2v) is 12.2. The Morgan fingerprint density at radius 1 is 0.288 bits per heavy atom. The Hall–Kier alpha value is 0.256. The Bertz CT molecular complexity index is 1250. The van der Waals surface area contributed by atoms with Crippen LogP contribution in [0.2, 0.25) is 0 Å². The van der Waals surface area contributed by atoms with Gasteiger partial charge in [0.05, 0.1) is 0 Å². The topological polar surface area (TPSA) is 0 Å². The van der Waals surface area contributed by atoms with Crippen molar-refractivity contribution >= 4 is 21.5 Å². The molecular weight excluding hydrogens is 932 g/mol. The minimum Gasteiger partial charge on any atom is -0.335 e. The molecule has 0 aliphatic carbocycles. The molecule has 272 valence electrons. The number of hydrogen-bond acceptors (Lipinski definition) is 0. The van der Waals surface area contributed by atoms with E-state index in [0.717, 1.165) is 0 Å².